The van der Waals surface area contributed by atoms with Gasteiger partial charge in [-0.2, -0.15) is 0 Å². The molecule has 0 radical (unpaired) electrons. The molecule has 4 rings (SSSR count). The summed E-state index contributed by atoms with van der Waals surface area (Å²) in [7, 11) is 1.63. The Morgan fingerprint density at radius 3 is 2.17 bits per heavy atom. The SMILES string of the molecule is COc1ccc([N+](Cc2cccnc2)(c2ccccc2)c2ccc(C(=O)O)cc2)cc1OC(C)C. The first-order chi connectivity index (χ1) is 16.9. The van der Waals surface area contributed by atoms with Crippen LogP contribution in [-0.2, 0) is 6.54 Å². The van der Waals surface area contributed by atoms with Gasteiger partial charge in [0.25, 0.3) is 0 Å². The van der Waals surface area contributed by atoms with Gasteiger partial charge >= 0.3 is 5.97 Å². The lowest BCUT2D eigenvalue weighted by atomic mass is 10.0. The van der Waals surface area contributed by atoms with Crippen LogP contribution in [0.5, 0.6) is 11.5 Å². The normalized spacial score (nSPS) is 12.7. The Labute approximate surface area is 205 Å². The van der Waals surface area contributed by atoms with Crippen LogP contribution in [0, 0.1) is 0 Å². The molecule has 1 aromatic heterocycles. The van der Waals surface area contributed by atoms with E-state index in [-0.39, 0.29) is 11.7 Å². The first-order valence-corrected chi connectivity index (χ1v) is 11.5. The van der Waals surface area contributed by atoms with Gasteiger partial charge in [-0.3, -0.25) is 4.98 Å². The van der Waals surface area contributed by atoms with Gasteiger partial charge in [-0.15, -0.1) is 0 Å². The largest absolute Gasteiger partial charge is 0.493 e. The van der Waals surface area contributed by atoms with Gasteiger partial charge in [0, 0.05) is 42.2 Å². The first kappa shape index (κ1) is 24.0. The molecule has 0 spiro atoms. The van der Waals surface area contributed by atoms with Gasteiger partial charge in [0.1, 0.15) is 23.6 Å². The van der Waals surface area contributed by atoms with Gasteiger partial charge in [0.2, 0.25) is 0 Å². The molecule has 1 unspecified atom stereocenters. The number of hydrogen-bond donors (Lipinski definition) is 1. The molecular weight excluding hydrogens is 440 g/mol. The Morgan fingerprint density at radius 2 is 1.57 bits per heavy atom. The summed E-state index contributed by atoms with van der Waals surface area (Å²) in [6.45, 7) is 4.51. The monoisotopic (exact) mass is 469 g/mol. The van der Waals surface area contributed by atoms with Gasteiger partial charge in [-0.25, -0.2) is 9.28 Å². The van der Waals surface area contributed by atoms with E-state index in [1.165, 1.54) is 0 Å². The van der Waals surface area contributed by atoms with E-state index >= 15 is 0 Å². The molecule has 1 N–H and O–H groups in total. The number of nitrogens with zero attached hydrogens (tertiary/aromatic N) is 2. The fourth-order valence-electron chi connectivity index (χ4n) is 4.28. The third-order valence-corrected chi connectivity index (χ3v) is 5.85. The molecule has 0 aliphatic heterocycles. The minimum atomic E-state index is -0.960. The average Bonchev–Trinajstić information content (AvgIpc) is 2.88. The summed E-state index contributed by atoms with van der Waals surface area (Å²) in [6.07, 6.45) is 3.58. The van der Waals surface area contributed by atoms with Gasteiger partial charge in [-0.05, 0) is 50.2 Å². The number of aromatic carboxylic acids is 1. The second-order valence-corrected chi connectivity index (χ2v) is 8.52. The highest BCUT2D eigenvalue weighted by Gasteiger charge is 2.38. The Morgan fingerprint density at radius 1 is 0.886 bits per heavy atom. The van der Waals surface area contributed by atoms with E-state index < -0.39 is 5.97 Å². The van der Waals surface area contributed by atoms with Crippen molar-refractivity contribution in [1.82, 2.24) is 9.47 Å². The van der Waals surface area contributed by atoms with E-state index in [1.807, 2.05) is 80.7 Å². The maximum absolute atomic E-state index is 11.6. The smallest absolute Gasteiger partial charge is 0.335 e. The van der Waals surface area contributed by atoms with Crippen LogP contribution in [0.1, 0.15) is 29.8 Å². The van der Waals surface area contributed by atoms with Crippen LogP contribution in [-0.4, -0.2) is 29.3 Å². The highest BCUT2D eigenvalue weighted by atomic mass is 16.5. The van der Waals surface area contributed by atoms with E-state index in [9.17, 15) is 9.90 Å². The number of pyridine rings is 1. The molecule has 3 aromatic carbocycles. The Bertz CT molecular complexity index is 1280. The number of para-hydroxylation sites is 1. The molecule has 0 aliphatic rings. The number of methoxy groups -OCH3 is 1. The predicted octanol–water partition coefficient (Wildman–Crippen LogP) is 6.75. The molecule has 0 bridgehead atoms. The van der Waals surface area contributed by atoms with Crippen LogP contribution < -0.4 is 14.0 Å². The lowest BCUT2D eigenvalue weighted by molar-refractivity contribution is 0.0697. The summed E-state index contributed by atoms with van der Waals surface area (Å²) in [5, 5.41) is 9.48. The molecule has 0 amide bonds. The maximum Gasteiger partial charge on any atom is 0.335 e. The molecule has 6 nitrogen and oxygen atoms in total. The van der Waals surface area contributed by atoms with Crippen molar-refractivity contribution in [2.24, 2.45) is 0 Å². The molecule has 1 heterocycles. The second-order valence-electron chi connectivity index (χ2n) is 8.52. The highest BCUT2D eigenvalue weighted by Crippen LogP contribution is 2.48. The van der Waals surface area contributed by atoms with E-state index in [1.54, 1.807) is 25.4 Å². The van der Waals surface area contributed by atoms with Crippen molar-refractivity contribution in [1.29, 1.82) is 0 Å². The molecule has 6 heteroatoms. The zero-order chi connectivity index (χ0) is 24.8. The molecular formula is C29H29N2O4+. The lowest BCUT2D eigenvalue weighted by Crippen LogP contribution is -2.38. The summed E-state index contributed by atoms with van der Waals surface area (Å²) in [5.41, 5.74) is 4.13. The summed E-state index contributed by atoms with van der Waals surface area (Å²) >= 11 is 0. The maximum atomic E-state index is 11.6. The summed E-state index contributed by atoms with van der Waals surface area (Å²) in [6, 6.07) is 27.1. The molecule has 35 heavy (non-hydrogen) atoms. The number of quaternary nitrogens is 1. The van der Waals surface area contributed by atoms with E-state index in [0.717, 1.165) is 22.6 Å². The van der Waals surface area contributed by atoms with Crippen LogP contribution in [0.15, 0.2) is 97.3 Å². The molecule has 0 aliphatic carbocycles. The summed E-state index contributed by atoms with van der Waals surface area (Å²) in [5.74, 6) is 0.335. The van der Waals surface area contributed by atoms with Gasteiger partial charge in [-0.1, -0.05) is 24.3 Å². The topological polar surface area (TPSA) is 68.7 Å². The predicted molar refractivity (Wildman–Crippen MR) is 138 cm³/mol. The minimum Gasteiger partial charge on any atom is -0.493 e. The molecule has 1 atom stereocenters. The van der Waals surface area contributed by atoms with Crippen LogP contribution in [0.25, 0.3) is 0 Å². The second kappa shape index (κ2) is 10.4. The lowest BCUT2D eigenvalue weighted by Gasteiger charge is -2.38. The zero-order valence-electron chi connectivity index (χ0n) is 20.1. The average molecular weight is 470 g/mol. The fraction of sp³-hybridized carbons (Fsp3) is 0.172. The molecule has 0 fully saturated rings. The summed E-state index contributed by atoms with van der Waals surface area (Å²) < 4.78 is 12.0. The van der Waals surface area contributed by atoms with Crippen molar-refractivity contribution >= 4 is 23.0 Å². The third-order valence-electron chi connectivity index (χ3n) is 5.85. The Hall–Kier alpha value is -4.16. The molecule has 4 aromatic rings. The number of carboxylic acids is 1. The van der Waals surface area contributed by atoms with Crippen LogP contribution >= 0.6 is 0 Å². The van der Waals surface area contributed by atoms with Crippen molar-refractivity contribution < 1.29 is 19.4 Å². The number of carboxylic acid groups (broad SMARTS) is 1. The number of benzene rings is 3. The molecule has 178 valence electrons. The fourth-order valence-corrected chi connectivity index (χ4v) is 4.28. The number of rotatable bonds is 9. The highest BCUT2D eigenvalue weighted by molar-refractivity contribution is 5.88. The quantitative estimate of drug-likeness (QED) is 0.275. The minimum absolute atomic E-state index is 0.0362. The van der Waals surface area contributed by atoms with Crippen molar-refractivity contribution in [3.63, 3.8) is 0 Å². The van der Waals surface area contributed by atoms with Gasteiger partial charge < -0.3 is 14.6 Å². The number of hydrogen-bond acceptors (Lipinski definition) is 4. The summed E-state index contributed by atoms with van der Waals surface area (Å²) in [4.78, 5) is 15.9. The third kappa shape index (κ3) is 5.03. The molecule has 0 saturated heterocycles. The van der Waals surface area contributed by atoms with Crippen molar-refractivity contribution in [3.8, 4) is 11.5 Å². The van der Waals surface area contributed by atoms with Crippen molar-refractivity contribution in [3.05, 3.63) is 108 Å². The van der Waals surface area contributed by atoms with Crippen LogP contribution in [0.4, 0.5) is 17.1 Å². The van der Waals surface area contributed by atoms with E-state index in [2.05, 4.69) is 17.1 Å². The van der Waals surface area contributed by atoms with Crippen LogP contribution in [0.2, 0.25) is 0 Å². The Kier molecular flexibility index (Phi) is 7.13. The number of carbonyl (C=O) groups is 1. The van der Waals surface area contributed by atoms with Gasteiger partial charge in [0.15, 0.2) is 11.5 Å². The molecule has 0 saturated carbocycles. The number of aromatic nitrogens is 1. The van der Waals surface area contributed by atoms with Crippen molar-refractivity contribution in [2.75, 3.05) is 7.11 Å². The number of ether oxygens (including phenoxy) is 2. The van der Waals surface area contributed by atoms with Crippen LogP contribution in [0.3, 0.4) is 0 Å². The van der Waals surface area contributed by atoms with E-state index in [4.69, 9.17) is 9.47 Å². The standard InChI is InChI=1S/C29H28N2O4/c1-21(2)35-28-18-26(15-16-27(28)34-3)31(24-9-5-4-6-10-24,20-22-8-7-17-30-19-22)25-13-11-23(12-14-25)29(32)33/h4-19,21H,20H2,1-3H3/p+1. The Balaban J connectivity index is 2.02. The first-order valence-electron chi connectivity index (χ1n) is 11.5. The van der Waals surface area contributed by atoms with E-state index in [0.29, 0.717) is 22.5 Å². The van der Waals surface area contributed by atoms with Crippen molar-refractivity contribution in [2.45, 2.75) is 26.5 Å². The van der Waals surface area contributed by atoms with Gasteiger partial charge in [0.05, 0.1) is 18.8 Å². The zero-order valence-corrected chi connectivity index (χ0v) is 20.1.